The van der Waals surface area contributed by atoms with E-state index in [4.69, 9.17) is 9.47 Å². The fraction of sp³-hybridized carbons (Fsp3) is 0.286. The van der Waals surface area contributed by atoms with Gasteiger partial charge in [-0.25, -0.2) is 4.39 Å². The Hall–Kier alpha value is -3.87. The van der Waals surface area contributed by atoms with Crippen molar-refractivity contribution in [2.24, 2.45) is 0 Å². The number of carbonyl (C=O) groups is 2. The average molecular weight is 479 g/mol. The van der Waals surface area contributed by atoms with Crippen molar-refractivity contribution < 1.29 is 23.5 Å². The first kappa shape index (κ1) is 25.7. The molecule has 3 aromatic carbocycles. The van der Waals surface area contributed by atoms with E-state index in [9.17, 15) is 14.0 Å². The molecule has 1 atom stereocenters. The molecule has 0 fully saturated rings. The minimum Gasteiger partial charge on any atom is -0.493 e. The van der Waals surface area contributed by atoms with Gasteiger partial charge in [-0.3, -0.25) is 9.59 Å². The van der Waals surface area contributed by atoms with Crippen LogP contribution in [-0.4, -0.2) is 37.5 Å². The first-order valence-electron chi connectivity index (χ1n) is 11.5. The van der Waals surface area contributed by atoms with Gasteiger partial charge in [0.25, 0.3) is 0 Å². The minimum atomic E-state index is -0.847. The molecule has 1 N–H and O–H groups in total. The fourth-order valence-electron chi connectivity index (χ4n) is 3.83. The second-order valence-corrected chi connectivity index (χ2v) is 8.12. The Morgan fingerprint density at radius 1 is 0.914 bits per heavy atom. The van der Waals surface area contributed by atoms with Crippen LogP contribution >= 0.6 is 0 Å². The summed E-state index contributed by atoms with van der Waals surface area (Å²) < 4.78 is 24.2. The Balaban J connectivity index is 1.99. The van der Waals surface area contributed by atoms with Gasteiger partial charge in [-0.15, -0.1) is 0 Å². The van der Waals surface area contributed by atoms with Crippen LogP contribution in [0.2, 0.25) is 0 Å². The van der Waals surface area contributed by atoms with Gasteiger partial charge in [-0.1, -0.05) is 55.5 Å². The number of halogens is 1. The van der Waals surface area contributed by atoms with Crippen molar-refractivity contribution >= 4 is 11.8 Å². The van der Waals surface area contributed by atoms with Gasteiger partial charge in [-0.2, -0.15) is 0 Å². The molecular formula is C28H31FN2O4. The Bertz CT molecular complexity index is 1120. The lowest BCUT2D eigenvalue weighted by Gasteiger charge is -2.32. The summed E-state index contributed by atoms with van der Waals surface area (Å²) in [5.41, 5.74) is 2.14. The molecule has 35 heavy (non-hydrogen) atoms. The molecule has 6 nitrogen and oxygen atoms in total. The highest BCUT2D eigenvalue weighted by atomic mass is 19.1. The standard InChI is InChI=1S/C28H31FN2O4/c1-4-16-30-28(33)27(22-8-6-5-7-9-22)31(19-20-10-13-23(29)14-11-20)26(32)18-21-12-15-24(34-2)25(17-21)35-3/h5-15,17,27H,4,16,18-19H2,1-3H3,(H,30,33)/t27-/m1/s1. The van der Waals surface area contributed by atoms with E-state index in [1.165, 1.54) is 19.2 Å². The van der Waals surface area contributed by atoms with Crippen molar-refractivity contribution in [3.63, 3.8) is 0 Å². The number of methoxy groups -OCH3 is 2. The van der Waals surface area contributed by atoms with E-state index < -0.39 is 6.04 Å². The van der Waals surface area contributed by atoms with Crippen molar-refractivity contribution in [3.8, 4) is 11.5 Å². The molecule has 0 aliphatic carbocycles. The van der Waals surface area contributed by atoms with Crippen molar-refractivity contribution in [3.05, 3.63) is 95.3 Å². The largest absolute Gasteiger partial charge is 0.493 e. The van der Waals surface area contributed by atoms with Gasteiger partial charge in [0, 0.05) is 13.1 Å². The number of benzene rings is 3. The average Bonchev–Trinajstić information content (AvgIpc) is 2.88. The van der Waals surface area contributed by atoms with Gasteiger partial charge in [0.2, 0.25) is 11.8 Å². The van der Waals surface area contributed by atoms with E-state index >= 15 is 0 Å². The summed E-state index contributed by atoms with van der Waals surface area (Å²) in [5.74, 6) is 0.205. The van der Waals surface area contributed by atoms with Crippen LogP contribution in [0.25, 0.3) is 0 Å². The summed E-state index contributed by atoms with van der Waals surface area (Å²) in [6, 6.07) is 19.6. The molecule has 0 saturated carbocycles. The van der Waals surface area contributed by atoms with Crippen LogP contribution in [0, 0.1) is 5.82 Å². The summed E-state index contributed by atoms with van der Waals surface area (Å²) in [4.78, 5) is 28.6. The Morgan fingerprint density at radius 2 is 1.57 bits per heavy atom. The highest BCUT2D eigenvalue weighted by Gasteiger charge is 2.31. The Morgan fingerprint density at radius 3 is 2.20 bits per heavy atom. The lowest BCUT2D eigenvalue weighted by Crippen LogP contribution is -2.44. The number of nitrogens with one attached hydrogen (secondary N) is 1. The predicted octanol–water partition coefficient (Wildman–Crippen LogP) is 4.68. The number of amides is 2. The smallest absolute Gasteiger partial charge is 0.247 e. The third-order valence-electron chi connectivity index (χ3n) is 5.61. The van der Waals surface area contributed by atoms with Crippen molar-refractivity contribution in [1.82, 2.24) is 10.2 Å². The van der Waals surface area contributed by atoms with Crippen LogP contribution in [0.5, 0.6) is 11.5 Å². The van der Waals surface area contributed by atoms with E-state index in [2.05, 4.69) is 5.32 Å². The number of hydrogen-bond acceptors (Lipinski definition) is 4. The SMILES string of the molecule is CCCNC(=O)[C@@H](c1ccccc1)N(Cc1ccc(F)cc1)C(=O)Cc1ccc(OC)c(OC)c1. The second-order valence-electron chi connectivity index (χ2n) is 8.12. The summed E-state index contributed by atoms with van der Waals surface area (Å²) >= 11 is 0. The first-order valence-corrected chi connectivity index (χ1v) is 11.5. The topological polar surface area (TPSA) is 67.9 Å². The molecule has 7 heteroatoms. The highest BCUT2D eigenvalue weighted by Crippen LogP contribution is 2.29. The van der Waals surface area contributed by atoms with Crippen LogP contribution in [0.1, 0.15) is 36.1 Å². The molecule has 2 amide bonds. The van der Waals surface area contributed by atoms with Gasteiger partial charge in [0.15, 0.2) is 11.5 Å². The Labute approximate surface area is 205 Å². The van der Waals surface area contributed by atoms with E-state index in [-0.39, 0.29) is 30.6 Å². The lowest BCUT2D eigenvalue weighted by atomic mass is 10.0. The van der Waals surface area contributed by atoms with Crippen LogP contribution in [0.15, 0.2) is 72.8 Å². The van der Waals surface area contributed by atoms with Gasteiger partial charge in [-0.05, 0) is 47.4 Å². The molecule has 0 radical (unpaired) electrons. The van der Waals surface area contributed by atoms with Crippen LogP contribution in [0.3, 0.4) is 0 Å². The number of rotatable bonds is 11. The van der Waals surface area contributed by atoms with E-state index in [0.29, 0.717) is 23.6 Å². The van der Waals surface area contributed by atoms with Gasteiger partial charge >= 0.3 is 0 Å². The normalized spacial score (nSPS) is 11.4. The zero-order valence-electron chi connectivity index (χ0n) is 20.3. The molecule has 0 heterocycles. The molecular weight excluding hydrogens is 447 g/mol. The van der Waals surface area contributed by atoms with Crippen LogP contribution in [-0.2, 0) is 22.6 Å². The van der Waals surface area contributed by atoms with Crippen molar-refractivity contribution in [2.45, 2.75) is 32.4 Å². The van der Waals surface area contributed by atoms with Gasteiger partial charge < -0.3 is 19.7 Å². The van der Waals surface area contributed by atoms with E-state index in [1.807, 2.05) is 37.3 Å². The number of carbonyl (C=O) groups excluding carboxylic acids is 2. The summed E-state index contributed by atoms with van der Waals surface area (Å²) in [6.45, 7) is 2.61. The fourth-order valence-corrected chi connectivity index (χ4v) is 3.83. The first-order chi connectivity index (χ1) is 17.0. The quantitative estimate of drug-likeness (QED) is 0.435. The maximum atomic E-state index is 13.7. The highest BCUT2D eigenvalue weighted by molar-refractivity contribution is 5.89. The summed E-state index contributed by atoms with van der Waals surface area (Å²) in [7, 11) is 3.08. The van der Waals surface area contributed by atoms with Gasteiger partial charge in [0.1, 0.15) is 11.9 Å². The second kappa shape index (κ2) is 12.6. The monoisotopic (exact) mass is 478 g/mol. The third-order valence-corrected chi connectivity index (χ3v) is 5.61. The van der Waals surface area contributed by atoms with Crippen LogP contribution < -0.4 is 14.8 Å². The van der Waals surface area contributed by atoms with E-state index in [1.54, 1.807) is 42.3 Å². The zero-order chi connectivity index (χ0) is 25.2. The molecule has 184 valence electrons. The molecule has 0 aromatic heterocycles. The molecule has 0 bridgehead atoms. The lowest BCUT2D eigenvalue weighted by molar-refractivity contribution is -0.141. The maximum absolute atomic E-state index is 13.7. The van der Waals surface area contributed by atoms with Crippen molar-refractivity contribution in [1.29, 1.82) is 0 Å². The number of ether oxygens (including phenoxy) is 2. The number of hydrogen-bond donors (Lipinski definition) is 1. The minimum absolute atomic E-state index is 0.0476. The molecule has 0 aliphatic rings. The molecule has 0 aliphatic heterocycles. The van der Waals surface area contributed by atoms with Gasteiger partial charge in [0.05, 0.1) is 20.6 Å². The predicted molar refractivity (Wildman–Crippen MR) is 133 cm³/mol. The summed E-state index contributed by atoms with van der Waals surface area (Å²) in [5, 5.41) is 2.93. The third kappa shape index (κ3) is 6.82. The molecule has 3 aromatic rings. The molecule has 0 unspecified atom stereocenters. The van der Waals surface area contributed by atoms with Crippen molar-refractivity contribution in [2.75, 3.05) is 20.8 Å². The Kier molecular flexibility index (Phi) is 9.23. The van der Waals surface area contributed by atoms with E-state index in [0.717, 1.165) is 17.5 Å². The molecule has 0 spiro atoms. The molecule has 0 saturated heterocycles. The maximum Gasteiger partial charge on any atom is 0.247 e. The number of nitrogens with zero attached hydrogens (tertiary/aromatic N) is 1. The molecule has 3 rings (SSSR count). The zero-order valence-corrected chi connectivity index (χ0v) is 20.3. The van der Waals surface area contributed by atoms with Crippen LogP contribution in [0.4, 0.5) is 4.39 Å². The summed E-state index contributed by atoms with van der Waals surface area (Å²) in [6.07, 6.45) is 0.816.